The van der Waals surface area contributed by atoms with Crippen LogP contribution in [-0.2, 0) is 11.0 Å². The monoisotopic (exact) mass is 611 g/mol. The standard InChI is InChI=1S/C31H26ClN7O3S/c1-2-42-29-10-8-24(37-31(40)19-3-6-23(32)7-4-19)13-30(29)43(41)39-25-11-21(16-35-17-25)20-5-9-26-27(12-20)38-28(18-36-26)22(14-33)15-34/h3-18,33,39H,2,34H2,1H3,(H,37,40)/b22-15+,33-14?. The average molecular weight is 612 g/mol. The summed E-state index contributed by atoms with van der Waals surface area (Å²) in [5.74, 6) is 0.0874. The van der Waals surface area contributed by atoms with Crippen LogP contribution in [0.5, 0.6) is 5.75 Å². The molecule has 1 amide bonds. The topological polar surface area (TPSA) is 156 Å². The zero-order valence-electron chi connectivity index (χ0n) is 22.9. The third-order valence-corrected chi connectivity index (χ3v) is 7.65. The van der Waals surface area contributed by atoms with Crippen molar-refractivity contribution >= 4 is 62.7 Å². The number of benzene rings is 3. The largest absolute Gasteiger partial charge is 0.493 e. The maximum absolute atomic E-state index is 13.5. The summed E-state index contributed by atoms with van der Waals surface area (Å²) >= 11 is 5.93. The fourth-order valence-corrected chi connectivity index (χ4v) is 5.27. The molecule has 12 heteroatoms. The number of fused-ring (bicyclic) bond motifs is 1. The van der Waals surface area contributed by atoms with Gasteiger partial charge in [0, 0.05) is 46.0 Å². The number of rotatable bonds is 10. The molecule has 216 valence electrons. The molecule has 10 nitrogen and oxygen atoms in total. The molecule has 2 aromatic heterocycles. The SMILES string of the molecule is CCOc1ccc(NC(=O)c2ccc(Cl)cc2)cc1S(=O)Nc1cncc(-c2ccc3ncc(/C(C=N)=C/N)nc3c2)c1. The number of ether oxygens (including phenoxy) is 1. The molecule has 0 bridgehead atoms. The van der Waals surface area contributed by atoms with Gasteiger partial charge < -0.3 is 21.2 Å². The number of anilines is 2. The van der Waals surface area contributed by atoms with E-state index < -0.39 is 11.0 Å². The Bertz CT molecular complexity index is 1880. The second-order valence-electron chi connectivity index (χ2n) is 9.11. The van der Waals surface area contributed by atoms with Gasteiger partial charge >= 0.3 is 0 Å². The van der Waals surface area contributed by atoms with Crippen molar-refractivity contribution in [2.24, 2.45) is 5.73 Å². The Morgan fingerprint density at radius 1 is 1.00 bits per heavy atom. The van der Waals surface area contributed by atoms with Crippen LogP contribution in [0.25, 0.3) is 27.7 Å². The van der Waals surface area contributed by atoms with Crippen molar-refractivity contribution in [3.05, 3.63) is 108 Å². The Morgan fingerprint density at radius 2 is 1.81 bits per heavy atom. The van der Waals surface area contributed by atoms with Gasteiger partial charge in [0.25, 0.3) is 5.91 Å². The second kappa shape index (κ2) is 13.2. The van der Waals surface area contributed by atoms with Gasteiger partial charge in [-0.1, -0.05) is 17.7 Å². The summed E-state index contributed by atoms with van der Waals surface area (Å²) in [6.07, 6.45) is 7.26. The first-order chi connectivity index (χ1) is 20.9. The third-order valence-electron chi connectivity index (χ3n) is 6.26. The van der Waals surface area contributed by atoms with E-state index in [1.807, 2.05) is 31.2 Å². The summed E-state index contributed by atoms with van der Waals surface area (Å²) in [7, 11) is -1.76. The maximum Gasteiger partial charge on any atom is 0.255 e. The Balaban J connectivity index is 1.39. The quantitative estimate of drug-likeness (QED) is 0.139. The molecule has 0 saturated heterocycles. The van der Waals surface area contributed by atoms with E-state index in [0.29, 0.717) is 61.5 Å². The Morgan fingerprint density at radius 3 is 2.56 bits per heavy atom. The van der Waals surface area contributed by atoms with Gasteiger partial charge in [-0.3, -0.25) is 19.5 Å². The molecule has 0 saturated carbocycles. The minimum Gasteiger partial charge on any atom is -0.493 e. The number of hydrogen-bond acceptors (Lipinski definition) is 8. The molecule has 2 heterocycles. The molecule has 5 rings (SSSR count). The van der Waals surface area contributed by atoms with E-state index in [4.69, 9.17) is 27.5 Å². The molecule has 5 N–H and O–H groups in total. The van der Waals surface area contributed by atoms with Gasteiger partial charge in [0.05, 0.1) is 41.4 Å². The summed E-state index contributed by atoms with van der Waals surface area (Å²) in [6, 6.07) is 18.9. The summed E-state index contributed by atoms with van der Waals surface area (Å²) in [4.78, 5) is 26.4. The van der Waals surface area contributed by atoms with Crippen LogP contribution < -0.4 is 20.5 Å². The van der Waals surface area contributed by atoms with Gasteiger partial charge in [0.2, 0.25) is 0 Å². The number of carbonyl (C=O) groups is 1. The van der Waals surface area contributed by atoms with E-state index in [2.05, 4.69) is 25.0 Å². The van der Waals surface area contributed by atoms with Gasteiger partial charge in [-0.25, -0.2) is 9.19 Å². The number of nitrogens with two attached hydrogens (primary N) is 1. The van der Waals surface area contributed by atoms with Crippen LogP contribution in [-0.4, -0.2) is 37.9 Å². The number of aromatic nitrogens is 3. The molecule has 0 aliphatic rings. The lowest BCUT2D eigenvalue weighted by Crippen LogP contribution is -2.13. The zero-order valence-corrected chi connectivity index (χ0v) is 24.4. The molecule has 43 heavy (non-hydrogen) atoms. The molecule has 1 atom stereocenters. The van der Waals surface area contributed by atoms with Crippen molar-refractivity contribution in [2.45, 2.75) is 11.8 Å². The fourth-order valence-electron chi connectivity index (χ4n) is 4.16. The predicted molar refractivity (Wildman–Crippen MR) is 171 cm³/mol. The van der Waals surface area contributed by atoms with E-state index >= 15 is 0 Å². The third kappa shape index (κ3) is 6.85. The van der Waals surface area contributed by atoms with Crippen molar-refractivity contribution in [3.63, 3.8) is 0 Å². The van der Waals surface area contributed by atoms with Crippen LogP contribution in [0.15, 0.2) is 96.4 Å². The second-order valence-corrected chi connectivity index (χ2v) is 10.7. The maximum atomic E-state index is 13.5. The highest BCUT2D eigenvalue weighted by molar-refractivity contribution is 7.86. The molecule has 5 aromatic rings. The number of nitrogens with zero attached hydrogens (tertiary/aromatic N) is 3. The molecule has 1 unspecified atom stereocenters. The van der Waals surface area contributed by atoms with Gasteiger partial charge in [-0.2, -0.15) is 0 Å². The summed E-state index contributed by atoms with van der Waals surface area (Å²) in [6.45, 7) is 2.20. The van der Waals surface area contributed by atoms with Gasteiger partial charge in [0.1, 0.15) is 10.6 Å². The number of nitrogens with one attached hydrogen (secondary N) is 3. The number of hydrogen-bond donors (Lipinski definition) is 4. The first kappa shape index (κ1) is 29.4. The van der Waals surface area contributed by atoms with Gasteiger partial charge in [0.15, 0.2) is 11.0 Å². The van der Waals surface area contributed by atoms with Crippen LogP contribution in [0, 0.1) is 5.41 Å². The lowest BCUT2D eigenvalue weighted by atomic mass is 10.1. The molecular weight excluding hydrogens is 586 g/mol. The Kier molecular flexibility index (Phi) is 9.04. The van der Waals surface area contributed by atoms with Crippen LogP contribution in [0.2, 0.25) is 5.02 Å². The highest BCUT2D eigenvalue weighted by Gasteiger charge is 2.16. The minimum atomic E-state index is -1.76. The number of carbonyl (C=O) groups excluding carboxylic acids is 1. The number of pyridine rings is 1. The van der Waals surface area contributed by atoms with Crippen LogP contribution in [0.1, 0.15) is 23.0 Å². The van der Waals surface area contributed by atoms with Gasteiger partial charge in [-0.05, 0) is 73.2 Å². The van der Waals surface area contributed by atoms with E-state index in [1.165, 1.54) is 6.20 Å². The first-order valence-electron chi connectivity index (χ1n) is 13.1. The van der Waals surface area contributed by atoms with Crippen molar-refractivity contribution in [3.8, 4) is 16.9 Å². The highest BCUT2D eigenvalue weighted by Crippen LogP contribution is 2.29. The summed E-state index contributed by atoms with van der Waals surface area (Å²) in [5, 5.41) is 10.9. The Hall–Kier alpha value is -5.13. The molecule has 0 radical (unpaired) electrons. The van der Waals surface area contributed by atoms with Crippen LogP contribution in [0.4, 0.5) is 11.4 Å². The minimum absolute atomic E-state index is 0.331. The lowest BCUT2D eigenvalue weighted by molar-refractivity contribution is 0.102. The van der Waals surface area contributed by atoms with Crippen molar-refractivity contribution in [2.75, 3.05) is 16.6 Å². The number of allylic oxidation sites excluding steroid dienone is 1. The summed E-state index contributed by atoms with van der Waals surface area (Å²) < 4.78 is 22.3. The molecule has 0 spiro atoms. The van der Waals surface area contributed by atoms with Crippen molar-refractivity contribution in [1.29, 1.82) is 5.41 Å². The van der Waals surface area contributed by atoms with Crippen molar-refractivity contribution < 1.29 is 13.7 Å². The van der Waals surface area contributed by atoms with Crippen molar-refractivity contribution in [1.82, 2.24) is 15.0 Å². The number of amides is 1. The smallest absolute Gasteiger partial charge is 0.255 e. The summed E-state index contributed by atoms with van der Waals surface area (Å²) in [5.41, 5.74) is 10.8. The van der Waals surface area contributed by atoms with E-state index in [0.717, 1.165) is 17.3 Å². The number of halogens is 1. The molecular formula is C31H26ClN7O3S. The van der Waals surface area contributed by atoms with E-state index in [-0.39, 0.29) is 5.91 Å². The molecule has 0 fully saturated rings. The fraction of sp³-hybridized carbons (Fsp3) is 0.0645. The predicted octanol–water partition coefficient (Wildman–Crippen LogP) is 6.08. The molecule has 0 aliphatic heterocycles. The first-order valence-corrected chi connectivity index (χ1v) is 14.6. The molecule has 3 aromatic carbocycles. The van der Waals surface area contributed by atoms with Gasteiger partial charge in [-0.15, -0.1) is 0 Å². The van der Waals surface area contributed by atoms with Crippen LogP contribution in [0.3, 0.4) is 0 Å². The highest BCUT2D eigenvalue weighted by atomic mass is 35.5. The lowest BCUT2D eigenvalue weighted by Gasteiger charge is -2.14. The van der Waals surface area contributed by atoms with E-state index in [1.54, 1.807) is 61.1 Å². The van der Waals surface area contributed by atoms with E-state index in [9.17, 15) is 9.00 Å². The average Bonchev–Trinajstić information content (AvgIpc) is 3.02. The normalized spacial score (nSPS) is 12.0. The Labute approximate surface area is 255 Å². The van der Waals surface area contributed by atoms with Crippen LogP contribution >= 0.6 is 11.6 Å². The zero-order chi connectivity index (χ0) is 30.3. The molecule has 0 aliphatic carbocycles.